The molecule has 1 aliphatic carbocycles. The Morgan fingerprint density at radius 1 is 1.30 bits per heavy atom. The molecule has 1 saturated carbocycles. The first-order valence-corrected chi connectivity index (χ1v) is 10.5. The molecule has 4 rings (SSSR count). The van der Waals surface area contributed by atoms with E-state index >= 15 is 0 Å². The molecule has 0 saturated heterocycles. The molecule has 1 amide bonds. The van der Waals surface area contributed by atoms with Crippen molar-refractivity contribution in [2.24, 2.45) is 22.1 Å². The Balaban J connectivity index is 1.76. The topological polar surface area (TPSA) is 67.9 Å². The zero-order valence-electron chi connectivity index (χ0n) is 16.5. The lowest BCUT2D eigenvalue weighted by Gasteiger charge is -2.49. The summed E-state index contributed by atoms with van der Waals surface area (Å²) in [6.07, 6.45) is 4.66. The van der Waals surface area contributed by atoms with Crippen LogP contribution in [0.5, 0.6) is 5.75 Å². The molecule has 1 unspecified atom stereocenters. The first kappa shape index (κ1) is 18.8. The van der Waals surface area contributed by atoms with Crippen molar-refractivity contribution in [2.45, 2.75) is 64.0 Å². The highest BCUT2D eigenvalue weighted by atomic mass is 79.9. The van der Waals surface area contributed by atoms with Gasteiger partial charge in [0.25, 0.3) is 5.91 Å². The Morgan fingerprint density at radius 2 is 1.96 bits per heavy atom. The number of hydrogen-bond donors (Lipinski definition) is 1. The van der Waals surface area contributed by atoms with Gasteiger partial charge in [0.15, 0.2) is 11.5 Å². The van der Waals surface area contributed by atoms with Gasteiger partial charge < -0.3 is 10.5 Å². The highest BCUT2D eigenvalue weighted by molar-refractivity contribution is 9.10. The number of rotatable bonds is 0. The number of carbonyl (C=O) groups excluding carboxylic acids is 1. The van der Waals surface area contributed by atoms with E-state index in [1.807, 2.05) is 18.2 Å². The molecule has 27 heavy (non-hydrogen) atoms. The van der Waals surface area contributed by atoms with Crippen molar-refractivity contribution in [3.05, 3.63) is 28.2 Å². The van der Waals surface area contributed by atoms with Gasteiger partial charge in [0.2, 0.25) is 0 Å². The number of halogens is 1. The number of ether oxygens (including phenoxy) is 1. The third-order valence-electron chi connectivity index (χ3n) is 6.72. The molecule has 5 nitrogen and oxygen atoms in total. The van der Waals surface area contributed by atoms with Crippen molar-refractivity contribution in [3.8, 4) is 5.75 Å². The van der Waals surface area contributed by atoms with E-state index < -0.39 is 5.54 Å². The number of aliphatic imine (C=N–C) groups is 1. The van der Waals surface area contributed by atoms with E-state index in [-0.39, 0.29) is 17.5 Å². The highest BCUT2D eigenvalue weighted by Crippen LogP contribution is 2.55. The lowest BCUT2D eigenvalue weighted by atomic mass is 9.64. The molecule has 2 spiro atoms. The zero-order chi connectivity index (χ0) is 19.6. The molecule has 2 heterocycles. The number of hydrogen-bond acceptors (Lipinski definition) is 4. The van der Waals surface area contributed by atoms with Crippen molar-refractivity contribution in [1.29, 1.82) is 0 Å². The van der Waals surface area contributed by atoms with Gasteiger partial charge in [0.1, 0.15) is 11.4 Å². The first-order chi connectivity index (χ1) is 12.6. The van der Waals surface area contributed by atoms with Crippen LogP contribution in [0, 0.1) is 11.3 Å². The van der Waals surface area contributed by atoms with Crippen LogP contribution in [0.4, 0.5) is 0 Å². The summed E-state index contributed by atoms with van der Waals surface area (Å²) >= 11 is 3.53. The monoisotopic (exact) mass is 433 g/mol. The quantitative estimate of drug-likeness (QED) is 0.666. The van der Waals surface area contributed by atoms with Gasteiger partial charge in [-0.25, -0.2) is 4.99 Å². The number of likely N-dealkylation sites (N-methyl/N-ethyl adjacent to an activating group) is 1. The van der Waals surface area contributed by atoms with Crippen molar-refractivity contribution < 1.29 is 9.53 Å². The third-order valence-corrected chi connectivity index (χ3v) is 7.21. The standard InChI is InChI=1S/C21H28BrN3O2/c1-19(2,3)13-7-9-20(10-8-13)12-21(17(26)25(4)18(23)24-21)15-11-14(22)5-6-16(15)27-20/h5-6,11,13H,7-10,12H2,1-4H3,(H2,23,24). The maximum Gasteiger partial charge on any atom is 0.261 e. The minimum atomic E-state index is -0.967. The van der Waals surface area contributed by atoms with E-state index in [9.17, 15) is 4.79 Å². The molecule has 6 heteroatoms. The Kier molecular flexibility index (Phi) is 4.15. The van der Waals surface area contributed by atoms with Gasteiger partial charge in [-0.2, -0.15) is 0 Å². The van der Waals surface area contributed by atoms with Crippen molar-refractivity contribution in [1.82, 2.24) is 4.90 Å². The van der Waals surface area contributed by atoms with Crippen molar-refractivity contribution in [2.75, 3.05) is 7.05 Å². The number of carbonyl (C=O) groups is 1. The summed E-state index contributed by atoms with van der Waals surface area (Å²) in [4.78, 5) is 19.5. The maximum atomic E-state index is 13.3. The van der Waals surface area contributed by atoms with Gasteiger partial charge >= 0.3 is 0 Å². The van der Waals surface area contributed by atoms with Crippen LogP contribution < -0.4 is 10.5 Å². The minimum Gasteiger partial charge on any atom is -0.487 e. The Labute approximate surface area is 169 Å². The fourth-order valence-corrected chi connectivity index (χ4v) is 5.39. The summed E-state index contributed by atoms with van der Waals surface area (Å²) in [6, 6.07) is 5.87. The molecule has 2 N–H and O–H groups in total. The largest absolute Gasteiger partial charge is 0.487 e. The second-order valence-corrected chi connectivity index (χ2v) is 10.4. The summed E-state index contributed by atoms with van der Waals surface area (Å²) in [6.45, 7) is 6.93. The van der Waals surface area contributed by atoms with Gasteiger partial charge in [0.05, 0.1) is 0 Å². The number of fused-ring (bicyclic) bond motifs is 2. The normalized spacial score (nSPS) is 33.2. The lowest BCUT2D eigenvalue weighted by molar-refractivity contribution is -0.135. The first-order valence-electron chi connectivity index (χ1n) is 9.69. The summed E-state index contributed by atoms with van der Waals surface area (Å²) in [5, 5.41) is 0. The molecule has 3 aliphatic rings. The molecule has 146 valence electrons. The average Bonchev–Trinajstić information content (AvgIpc) is 2.80. The molecule has 1 fully saturated rings. The predicted octanol–water partition coefficient (Wildman–Crippen LogP) is 4.19. The molecule has 1 atom stereocenters. The fraction of sp³-hybridized carbons (Fsp3) is 0.619. The van der Waals surface area contributed by atoms with Crippen molar-refractivity contribution >= 4 is 27.8 Å². The molecule has 0 radical (unpaired) electrons. The zero-order valence-corrected chi connectivity index (χ0v) is 18.1. The van der Waals surface area contributed by atoms with E-state index in [0.29, 0.717) is 17.8 Å². The Morgan fingerprint density at radius 3 is 2.52 bits per heavy atom. The van der Waals surface area contributed by atoms with E-state index in [1.54, 1.807) is 7.05 Å². The van der Waals surface area contributed by atoms with Gasteiger partial charge in [-0.05, 0) is 55.2 Å². The summed E-state index contributed by atoms with van der Waals surface area (Å²) in [7, 11) is 1.70. The molecule has 1 aromatic rings. The minimum absolute atomic E-state index is 0.0556. The van der Waals surface area contributed by atoms with Gasteiger partial charge in [-0.15, -0.1) is 0 Å². The third kappa shape index (κ3) is 2.87. The average molecular weight is 434 g/mol. The second-order valence-electron chi connectivity index (χ2n) is 9.44. The van der Waals surface area contributed by atoms with Crippen LogP contribution in [0.2, 0.25) is 0 Å². The lowest BCUT2D eigenvalue weighted by Crippen LogP contribution is -2.53. The molecule has 0 bridgehead atoms. The van der Waals surface area contributed by atoms with Gasteiger partial charge in [0, 0.05) is 23.5 Å². The van der Waals surface area contributed by atoms with Crippen LogP contribution in [0.1, 0.15) is 58.4 Å². The Bertz CT molecular complexity index is 821. The van der Waals surface area contributed by atoms with E-state index in [2.05, 4.69) is 36.7 Å². The van der Waals surface area contributed by atoms with Crippen LogP contribution in [0.3, 0.4) is 0 Å². The Hall–Kier alpha value is -1.56. The van der Waals surface area contributed by atoms with E-state index in [4.69, 9.17) is 15.5 Å². The number of benzene rings is 1. The van der Waals surface area contributed by atoms with Crippen LogP contribution >= 0.6 is 15.9 Å². The van der Waals surface area contributed by atoms with Crippen LogP contribution in [0.15, 0.2) is 27.7 Å². The second kappa shape index (κ2) is 5.97. The molecule has 0 aromatic heterocycles. The fourth-order valence-electron chi connectivity index (χ4n) is 5.02. The van der Waals surface area contributed by atoms with E-state index in [1.165, 1.54) is 4.90 Å². The molecule has 1 aromatic carbocycles. The number of amides is 1. The highest BCUT2D eigenvalue weighted by Gasteiger charge is 2.58. The summed E-state index contributed by atoms with van der Waals surface area (Å²) < 4.78 is 7.49. The maximum absolute atomic E-state index is 13.3. The number of nitrogens with two attached hydrogens (primary N) is 1. The van der Waals surface area contributed by atoms with Crippen LogP contribution in [0.25, 0.3) is 0 Å². The molecule has 2 aliphatic heterocycles. The van der Waals surface area contributed by atoms with Gasteiger partial charge in [-0.3, -0.25) is 9.69 Å². The smallest absolute Gasteiger partial charge is 0.261 e. The van der Waals surface area contributed by atoms with Gasteiger partial charge in [-0.1, -0.05) is 36.7 Å². The van der Waals surface area contributed by atoms with Crippen LogP contribution in [-0.2, 0) is 10.3 Å². The molecular formula is C21H28BrN3O2. The number of nitrogens with zero attached hydrogens (tertiary/aromatic N) is 2. The summed E-state index contributed by atoms with van der Waals surface area (Å²) in [5.41, 5.74) is 5.86. The number of guanidine groups is 1. The van der Waals surface area contributed by atoms with Crippen LogP contribution in [-0.4, -0.2) is 29.4 Å². The van der Waals surface area contributed by atoms with Crippen molar-refractivity contribution in [3.63, 3.8) is 0 Å². The summed E-state index contributed by atoms with van der Waals surface area (Å²) in [5.74, 6) is 1.66. The molecular weight excluding hydrogens is 406 g/mol. The predicted molar refractivity (Wildman–Crippen MR) is 110 cm³/mol. The van der Waals surface area contributed by atoms with E-state index in [0.717, 1.165) is 41.5 Å². The SMILES string of the molecule is CN1C(=O)C2(CC3(CCC(C(C)(C)C)CC3)Oc3ccc(Br)cc32)N=C1N.